The fourth-order valence-corrected chi connectivity index (χ4v) is 3.46. The molecule has 3 rings (SSSR count). The van der Waals surface area contributed by atoms with Crippen molar-refractivity contribution in [2.75, 3.05) is 36.5 Å². The molecule has 7 heteroatoms. The van der Waals surface area contributed by atoms with Crippen molar-refractivity contribution < 1.29 is 14.3 Å². The summed E-state index contributed by atoms with van der Waals surface area (Å²) in [4.78, 5) is 31.4. The van der Waals surface area contributed by atoms with Gasteiger partial charge in [-0.1, -0.05) is 30.3 Å². The van der Waals surface area contributed by atoms with Crippen molar-refractivity contribution in [1.29, 1.82) is 0 Å². The number of hydrogen-bond acceptors (Lipinski definition) is 5. The number of anilines is 2. The van der Waals surface area contributed by atoms with Gasteiger partial charge >= 0.3 is 12.0 Å². The van der Waals surface area contributed by atoms with Crippen molar-refractivity contribution in [2.45, 2.75) is 26.2 Å². The summed E-state index contributed by atoms with van der Waals surface area (Å²) in [5.74, 6) is 0.0252. The Bertz CT molecular complexity index is 807. The number of hydrogen-bond donors (Lipinski definition) is 2. The Labute approximate surface area is 171 Å². The van der Waals surface area contributed by atoms with Gasteiger partial charge in [0.15, 0.2) is 5.82 Å². The third kappa shape index (κ3) is 5.94. The van der Waals surface area contributed by atoms with Crippen LogP contribution >= 0.6 is 0 Å². The summed E-state index contributed by atoms with van der Waals surface area (Å²) in [5, 5.41) is 5.68. The number of benzene rings is 1. The molecule has 1 aromatic carbocycles. The zero-order chi connectivity index (χ0) is 20.5. The highest BCUT2D eigenvalue weighted by molar-refractivity contribution is 5.92. The van der Waals surface area contributed by atoms with E-state index in [1.165, 1.54) is 0 Å². The summed E-state index contributed by atoms with van der Waals surface area (Å²) in [7, 11) is 0. The summed E-state index contributed by atoms with van der Waals surface area (Å²) < 4.78 is 5.19. The Balaban J connectivity index is 1.60. The Kier molecular flexibility index (Phi) is 7.44. The lowest BCUT2D eigenvalue weighted by molar-refractivity contribution is -0.147. The van der Waals surface area contributed by atoms with E-state index in [2.05, 4.69) is 20.5 Å². The SMILES string of the molecule is CCOC(=O)[C@@H](CNC(=O)Nc1cccnc1N1CCCC1)Cc1ccccc1. The van der Waals surface area contributed by atoms with Gasteiger partial charge in [-0.05, 0) is 43.9 Å². The monoisotopic (exact) mass is 396 g/mol. The number of nitrogens with zero attached hydrogens (tertiary/aromatic N) is 2. The van der Waals surface area contributed by atoms with E-state index in [1.807, 2.05) is 36.4 Å². The largest absolute Gasteiger partial charge is 0.466 e. The van der Waals surface area contributed by atoms with Gasteiger partial charge in [0.1, 0.15) is 0 Å². The molecule has 1 saturated heterocycles. The normalized spacial score (nSPS) is 14.3. The Morgan fingerprint density at radius 3 is 2.62 bits per heavy atom. The number of pyridine rings is 1. The fourth-order valence-electron chi connectivity index (χ4n) is 3.46. The lowest BCUT2D eigenvalue weighted by atomic mass is 9.99. The predicted molar refractivity (Wildman–Crippen MR) is 113 cm³/mol. The second-order valence-corrected chi connectivity index (χ2v) is 7.04. The number of urea groups is 1. The zero-order valence-corrected chi connectivity index (χ0v) is 16.8. The molecule has 0 saturated carbocycles. The van der Waals surface area contributed by atoms with E-state index in [0.717, 1.165) is 37.3 Å². The molecule has 1 aromatic heterocycles. The van der Waals surface area contributed by atoms with Crippen LogP contribution in [0.2, 0.25) is 0 Å². The van der Waals surface area contributed by atoms with Crippen molar-refractivity contribution in [3.63, 3.8) is 0 Å². The number of carbonyl (C=O) groups is 2. The third-order valence-corrected chi connectivity index (χ3v) is 4.89. The summed E-state index contributed by atoms with van der Waals surface area (Å²) in [6, 6.07) is 13.0. The molecule has 0 aliphatic carbocycles. The topological polar surface area (TPSA) is 83.6 Å². The van der Waals surface area contributed by atoms with Crippen LogP contribution in [0.25, 0.3) is 0 Å². The van der Waals surface area contributed by atoms with Crippen LogP contribution in [0.5, 0.6) is 0 Å². The van der Waals surface area contributed by atoms with Crippen LogP contribution in [0.1, 0.15) is 25.3 Å². The van der Waals surface area contributed by atoms with Gasteiger partial charge < -0.3 is 20.3 Å². The second-order valence-electron chi connectivity index (χ2n) is 7.04. The van der Waals surface area contributed by atoms with Crippen LogP contribution in [-0.2, 0) is 16.0 Å². The molecule has 2 heterocycles. The number of rotatable bonds is 8. The molecular formula is C22H28N4O3. The van der Waals surface area contributed by atoms with Gasteiger partial charge in [0, 0.05) is 25.8 Å². The maximum Gasteiger partial charge on any atom is 0.319 e. The van der Waals surface area contributed by atoms with Crippen LogP contribution in [0.3, 0.4) is 0 Å². The number of amides is 2. The molecule has 0 radical (unpaired) electrons. The molecular weight excluding hydrogens is 368 g/mol. The smallest absolute Gasteiger partial charge is 0.319 e. The highest BCUT2D eigenvalue weighted by atomic mass is 16.5. The average molecular weight is 396 g/mol. The number of esters is 1. The number of aromatic nitrogens is 1. The molecule has 0 unspecified atom stereocenters. The van der Waals surface area contributed by atoms with E-state index < -0.39 is 5.92 Å². The van der Waals surface area contributed by atoms with Gasteiger partial charge in [-0.3, -0.25) is 4.79 Å². The predicted octanol–water partition coefficient (Wildman–Crippen LogP) is 3.23. The number of carbonyl (C=O) groups excluding carboxylic acids is 2. The number of nitrogens with one attached hydrogen (secondary N) is 2. The fraction of sp³-hybridized carbons (Fsp3) is 0.409. The summed E-state index contributed by atoms with van der Waals surface area (Å²) in [6.45, 7) is 4.16. The molecule has 0 bridgehead atoms. The van der Waals surface area contributed by atoms with Crippen molar-refractivity contribution in [3.8, 4) is 0 Å². The molecule has 1 fully saturated rings. The van der Waals surface area contributed by atoms with Crippen molar-refractivity contribution in [2.24, 2.45) is 5.92 Å². The van der Waals surface area contributed by atoms with Crippen LogP contribution < -0.4 is 15.5 Å². The molecule has 1 aliphatic rings. The maximum absolute atomic E-state index is 12.5. The molecule has 2 N–H and O–H groups in total. The van der Waals surface area contributed by atoms with Crippen molar-refractivity contribution >= 4 is 23.5 Å². The molecule has 7 nitrogen and oxygen atoms in total. The van der Waals surface area contributed by atoms with Crippen molar-refractivity contribution in [3.05, 3.63) is 54.2 Å². The maximum atomic E-state index is 12.5. The first-order valence-corrected chi connectivity index (χ1v) is 10.1. The summed E-state index contributed by atoms with van der Waals surface area (Å²) in [6.07, 6.45) is 4.49. The molecule has 29 heavy (non-hydrogen) atoms. The minimum Gasteiger partial charge on any atom is -0.466 e. The Morgan fingerprint density at radius 2 is 1.90 bits per heavy atom. The van der Waals surface area contributed by atoms with Gasteiger partial charge in [-0.2, -0.15) is 0 Å². The van der Waals surface area contributed by atoms with Crippen LogP contribution in [0.15, 0.2) is 48.7 Å². The minimum atomic E-state index is -0.449. The van der Waals surface area contributed by atoms with Crippen LogP contribution in [0, 0.1) is 5.92 Å². The van der Waals surface area contributed by atoms with E-state index in [4.69, 9.17) is 4.74 Å². The second kappa shape index (κ2) is 10.5. The van der Waals surface area contributed by atoms with Crippen molar-refractivity contribution in [1.82, 2.24) is 10.3 Å². The first-order chi connectivity index (χ1) is 14.2. The van der Waals surface area contributed by atoms with Gasteiger partial charge in [-0.15, -0.1) is 0 Å². The first kappa shape index (κ1) is 20.6. The first-order valence-electron chi connectivity index (χ1n) is 10.1. The third-order valence-electron chi connectivity index (χ3n) is 4.89. The quantitative estimate of drug-likeness (QED) is 0.670. The van der Waals surface area contributed by atoms with Gasteiger partial charge in [-0.25, -0.2) is 9.78 Å². The van der Waals surface area contributed by atoms with Crippen LogP contribution in [-0.4, -0.2) is 43.2 Å². The minimum absolute atomic E-state index is 0.193. The summed E-state index contributed by atoms with van der Waals surface area (Å²) in [5.41, 5.74) is 1.69. The van der Waals surface area contributed by atoms with Gasteiger partial charge in [0.05, 0.1) is 18.2 Å². The van der Waals surface area contributed by atoms with E-state index in [0.29, 0.717) is 18.7 Å². The lowest BCUT2D eigenvalue weighted by Gasteiger charge is -2.21. The highest BCUT2D eigenvalue weighted by Crippen LogP contribution is 2.25. The lowest BCUT2D eigenvalue weighted by Crippen LogP contribution is -2.37. The zero-order valence-electron chi connectivity index (χ0n) is 16.8. The Morgan fingerprint density at radius 1 is 1.14 bits per heavy atom. The molecule has 154 valence electrons. The molecule has 2 aromatic rings. The average Bonchev–Trinajstić information content (AvgIpc) is 3.27. The number of ether oxygens (including phenoxy) is 1. The van der Waals surface area contributed by atoms with E-state index in [9.17, 15) is 9.59 Å². The van der Waals surface area contributed by atoms with E-state index in [-0.39, 0.29) is 18.5 Å². The summed E-state index contributed by atoms with van der Waals surface area (Å²) >= 11 is 0. The Hall–Kier alpha value is -3.09. The standard InChI is InChI=1S/C22H28N4O3/c1-2-29-21(27)18(15-17-9-4-3-5-10-17)16-24-22(28)25-19-11-8-12-23-20(19)26-13-6-7-14-26/h3-5,8-12,18H,2,6-7,13-16H2,1H3,(H2,24,25,28)/t18-/m1/s1. The molecule has 0 spiro atoms. The molecule has 1 aliphatic heterocycles. The highest BCUT2D eigenvalue weighted by Gasteiger charge is 2.22. The van der Waals surface area contributed by atoms with E-state index in [1.54, 1.807) is 19.2 Å². The molecule has 1 atom stereocenters. The molecule has 2 amide bonds. The van der Waals surface area contributed by atoms with Gasteiger partial charge in [0.25, 0.3) is 0 Å². The van der Waals surface area contributed by atoms with Gasteiger partial charge in [0.2, 0.25) is 0 Å². The van der Waals surface area contributed by atoms with E-state index >= 15 is 0 Å². The van der Waals surface area contributed by atoms with Crippen LogP contribution in [0.4, 0.5) is 16.3 Å².